The summed E-state index contributed by atoms with van der Waals surface area (Å²) in [6, 6.07) is 9.69. The van der Waals surface area contributed by atoms with Gasteiger partial charge in [-0.05, 0) is 18.2 Å². The van der Waals surface area contributed by atoms with Crippen LogP contribution >= 0.6 is 11.6 Å². The minimum Gasteiger partial charge on any atom is -0.263 e. The molecule has 72 valence electrons. The van der Waals surface area contributed by atoms with Crippen molar-refractivity contribution >= 4 is 23.5 Å². The van der Waals surface area contributed by atoms with Crippen molar-refractivity contribution in [2.45, 2.75) is 0 Å². The Morgan fingerprint density at radius 3 is 2.79 bits per heavy atom. The number of hydrogen-bond donors (Lipinski definition) is 2. The van der Waals surface area contributed by atoms with Crippen LogP contribution in [0, 0.1) is 0 Å². The Kier molecular flexibility index (Phi) is 2.55. The maximum absolute atomic E-state index is 5.75. The van der Waals surface area contributed by atoms with E-state index in [9.17, 15) is 0 Å². The molecule has 0 radical (unpaired) electrons. The Bertz CT molecular complexity index is 360. The van der Waals surface area contributed by atoms with Crippen LogP contribution in [0.4, 0.5) is 5.69 Å². The molecule has 0 aliphatic carbocycles. The summed E-state index contributed by atoms with van der Waals surface area (Å²) in [5, 5.41) is 5.96. The van der Waals surface area contributed by atoms with Gasteiger partial charge in [-0.25, -0.2) is 0 Å². The molecule has 1 aliphatic heterocycles. The second-order valence-electron chi connectivity index (χ2n) is 2.68. The molecule has 0 atom stereocenters. The number of rotatable bonds is 2. The van der Waals surface area contributed by atoms with Crippen molar-refractivity contribution in [1.29, 1.82) is 0 Å². The summed E-state index contributed by atoms with van der Waals surface area (Å²) in [7, 11) is 0. The Hall–Kier alpha value is -1.68. The zero-order valence-electron chi connectivity index (χ0n) is 7.31. The van der Waals surface area contributed by atoms with E-state index in [0.29, 0.717) is 5.16 Å². The van der Waals surface area contributed by atoms with E-state index in [0.717, 1.165) is 5.69 Å². The van der Waals surface area contributed by atoms with Gasteiger partial charge in [0.05, 0.1) is 11.9 Å². The van der Waals surface area contributed by atoms with Gasteiger partial charge in [-0.15, -0.1) is 10.3 Å². The van der Waals surface area contributed by atoms with Crippen molar-refractivity contribution in [3.63, 3.8) is 0 Å². The SMILES string of the molecule is ClC1=CC=NN(Nc2ccccc2)N1. The molecular weight excluding hydrogens is 200 g/mol. The highest BCUT2D eigenvalue weighted by molar-refractivity contribution is 6.30. The largest absolute Gasteiger partial charge is 0.263 e. The average Bonchev–Trinajstić information content (AvgIpc) is 2.19. The number of benzene rings is 1. The summed E-state index contributed by atoms with van der Waals surface area (Å²) in [4.78, 5) is 0. The van der Waals surface area contributed by atoms with Gasteiger partial charge in [0.25, 0.3) is 0 Å². The Labute approximate surface area is 86.8 Å². The Balaban J connectivity index is 2.00. The predicted octanol–water partition coefficient (Wildman–Crippen LogP) is 1.90. The summed E-state index contributed by atoms with van der Waals surface area (Å²) in [5.41, 5.74) is 6.76. The average molecular weight is 209 g/mol. The summed E-state index contributed by atoms with van der Waals surface area (Å²) in [6.45, 7) is 0. The number of hydrogen-bond acceptors (Lipinski definition) is 4. The van der Waals surface area contributed by atoms with Crippen LogP contribution in [-0.2, 0) is 0 Å². The molecule has 1 aliphatic rings. The van der Waals surface area contributed by atoms with Gasteiger partial charge in [0, 0.05) is 0 Å². The maximum atomic E-state index is 5.75. The number of anilines is 1. The molecule has 0 fully saturated rings. The van der Waals surface area contributed by atoms with Gasteiger partial charge >= 0.3 is 0 Å². The van der Waals surface area contributed by atoms with Crippen LogP contribution in [0.3, 0.4) is 0 Å². The lowest BCUT2D eigenvalue weighted by atomic mass is 10.3. The Morgan fingerprint density at radius 2 is 2.07 bits per heavy atom. The first-order valence-electron chi connectivity index (χ1n) is 4.13. The number of allylic oxidation sites excluding steroid dienone is 1. The Morgan fingerprint density at radius 1 is 1.29 bits per heavy atom. The third-order valence-electron chi connectivity index (χ3n) is 1.62. The molecule has 2 N–H and O–H groups in total. The second kappa shape index (κ2) is 4.02. The van der Waals surface area contributed by atoms with Crippen LogP contribution in [0.5, 0.6) is 0 Å². The predicted molar refractivity (Wildman–Crippen MR) is 57.5 cm³/mol. The van der Waals surface area contributed by atoms with Crippen LogP contribution in [0.2, 0.25) is 0 Å². The fourth-order valence-corrected chi connectivity index (χ4v) is 1.16. The third-order valence-corrected chi connectivity index (χ3v) is 1.84. The highest BCUT2D eigenvalue weighted by Crippen LogP contribution is 2.08. The summed E-state index contributed by atoms with van der Waals surface area (Å²) < 4.78 is 0. The van der Waals surface area contributed by atoms with E-state index in [-0.39, 0.29) is 0 Å². The van der Waals surface area contributed by atoms with Crippen LogP contribution in [0.25, 0.3) is 0 Å². The molecule has 0 saturated heterocycles. The van der Waals surface area contributed by atoms with Gasteiger partial charge in [0.1, 0.15) is 5.16 Å². The molecular formula is C9H9ClN4. The lowest BCUT2D eigenvalue weighted by Crippen LogP contribution is -2.38. The van der Waals surface area contributed by atoms with Crippen molar-refractivity contribution in [3.05, 3.63) is 41.6 Å². The van der Waals surface area contributed by atoms with Crippen molar-refractivity contribution in [2.75, 3.05) is 5.43 Å². The zero-order valence-corrected chi connectivity index (χ0v) is 8.07. The minimum absolute atomic E-state index is 0.517. The number of hydrazone groups is 1. The molecule has 1 heterocycles. The minimum atomic E-state index is 0.517. The number of para-hydroxylation sites is 1. The van der Waals surface area contributed by atoms with Crippen LogP contribution in [0.1, 0.15) is 0 Å². The van der Waals surface area contributed by atoms with Crippen molar-refractivity contribution in [2.24, 2.45) is 5.10 Å². The topological polar surface area (TPSA) is 39.7 Å². The van der Waals surface area contributed by atoms with Gasteiger partial charge in [-0.2, -0.15) is 0 Å². The lowest BCUT2D eigenvalue weighted by Gasteiger charge is -2.23. The first-order valence-corrected chi connectivity index (χ1v) is 4.51. The molecule has 1 aromatic carbocycles. The van der Waals surface area contributed by atoms with Crippen molar-refractivity contribution < 1.29 is 0 Å². The first-order chi connectivity index (χ1) is 6.84. The fourth-order valence-electron chi connectivity index (χ4n) is 1.02. The third kappa shape index (κ3) is 2.17. The highest BCUT2D eigenvalue weighted by Gasteiger charge is 2.03. The lowest BCUT2D eigenvalue weighted by molar-refractivity contribution is 0.281. The second-order valence-corrected chi connectivity index (χ2v) is 3.09. The van der Waals surface area contributed by atoms with E-state index in [1.165, 1.54) is 5.23 Å². The number of hydrazine groups is 2. The summed E-state index contributed by atoms with van der Waals surface area (Å²) >= 11 is 5.75. The number of nitrogens with one attached hydrogen (secondary N) is 2. The van der Waals surface area contributed by atoms with Gasteiger partial charge < -0.3 is 0 Å². The van der Waals surface area contributed by atoms with Crippen molar-refractivity contribution in [3.8, 4) is 0 Å². The normalized spacial score (nSPS) is 14.6. The van der Waals surface area contributed by atoms with Gasteiger partial charge in [-0.3, -0.25) is 10.9 Å². The molecule has 0 amide bonds. The highest BCUT2D eigenvalue weighted by atomic mass is 35.5. The van der Waals surface area contributed by atoms with Crippen LogP contribution in [0.15, 0.2) is 46.7 Å². The fraction of sp³-hybridized carbons (Fsp3) is 0. The zero-order chi connectivity index (χ0) is 9.80. The molecule has 2 rings (SSSR count). The molecule has 1 aromatic rings. The van der Waals surface area contributed by atoms with E-state index >= 15 is 0 Å². The van der Waals surface area contributed by atoms with Gasteiger partial charge in [-0.1, -0.05) is 29.8 Å². The van der Waals surface area contributed by atoms with E-state index < -0.39 is 0 Å². The molecule has 0 unspecified atom stereocenters. The molecule has 0 bridgehead atoms. The molecule has 0 spiro atoms. The van der Waals surface area contributed by atoms with Gasteiger partial charge in [0.15, 0.2) is 0 Å². The maximum Gasteiger partial charge on any atom is 0.125 e. The molecule has 5 heteroatoms. The van der Waals surface area contributed by atoms with Crippen molar-refractivity contribution in [1.82, 2.24) is 10.7 Å². The van der Waals surface area contributed by atoms with Crippen LogP contribution in [-0.4, -0.2) is 11.4 Å². The van der Waals surface area contributed by atoms with Crippen LogP contribution < -0.4 is 10.9 Å². The molecule has 0 saturated carbocycles. The molecule has 4 nitrogen and oxygen atoms in total. The van der Waals surface area contributed by atoms with E-state index in [1.807, 2.05) is 30.3 Å². The quantitative estimate of drug-likeness (QED) is 0.730. The standard InChI is InChI=1S/C9H9ClN4/c10-9-6-7-11-14(13-9)12-8-4-2-1-3-5-8/h1-7,12-13H. The number of halogens is 1. The van der Waals surface area contributed by atoms with Gasteiger partial charge in [0.2, 0.25) is 0 Å². The summed E-state index contributed by atoms with van der Waals surface area (Å²) in [6.07, 6.45) is 3.28. The first kappa shape index (κ1) is 8.90. The van der Waals surface area contributed by atoms with E-state index in [4.69, 9.17) is 11.6 Å². The van der Waals surface area contributed by atoms with E-state index in [1.54, 1.807) is 12.3 Å². The summed E-state index contributed by atoms with van der Waals surface area (Å²) in [5.74, 6) is 0. The van der Waals surface area contributed by atoms with E-state index in [2.05, 4.69) is 16.0 Å². The molecule has 0 aromatic heterocycles. The monoisotopic (exact) mass is 208 g/mol. The smallest absolute Gasteiger partial charge is 0.125 e. The molecule has 14 heavy (non-hydrogen) atoms. The number of nitrogens with zero attached hydrogens (tertiary/aromatic N) is 2.